The summed E-state index contributed by atoms with van der Waals surface area (Å²) in [5, 5.41) is 3.58. The van der Waals surface area contributed by atoms with Gasteiger partial charge in [-0.15, -0.1) is 0 Å². The van der Waals surface area contributed by atoms with Crippen LogP contribution in [0.4, 0.5) is 8.78 Å². The molecule has 0 unspecified atom stereocenters. The van der Waals surface area contributed by atoms with Crippen molar-refractivity contribution in [1.29, 1.82) is 0 Å². The minimum atomic E-state index is -0.606. The maximum Gasteiger partial charge on any atom is 0.231 e. The maximum atomic E-state index is 13.2. The van der Waals surface area contributed by atoms with E-state index in [-0.39, 0.29) is 6.42 Å². The molecule has 0 aliphatic rings. The quantitative estimate of drug-likeness (QED) is 0.763. The van der Waals surface area contributed by atoms with Crippen molar-refractivity contribution in [3.8, 4) is 0 Å². The van der Waals surface area contributed by atoms with E-state index >= 15 is 0 Å². The molecule has 0 radical (unpaired) electrons. The van der Waals surface area contributed by atoms with Crippen molar-refractivity contribution in [2.75, 3.05) is 0 Å². The Bertz CT molecular complexity index is 482. The van der Waals surface area contributed by atoms with E-state index in [0.717, 1.165) is 6.07 Å². The first-order valence-corrected chi connectivity index (χ1v) is 4.38. The van der Waals surface area contributed by atoms with Crippen LogP contribution in [0.15, 0.2) is 22.7 Å². The minimum absolute atomic E-state index is 0.174. The lowest BCUT2D eigenvalue weighted by Gasteiger charge is -1.98. The molecule has 1 heterocycles. The molecule has 15 heavy (non-hydrogen) atoms. The van der Waals surface area contributed by atoms with Gasteiger partial charge in [0.15, 0.2) is 5.82 Å². The number of aromatic nitrogens is 2. The molecule has 78 valence electrons. The minimum Gasteiger partial charge on any atom is -0.339 e. The largest absolute Gasteiger partial charge is 0.339 e. The molecule has 0 saturated carbocycles. The van der Waals surface area contributed by atoms with Gasteiger partial charge in [0.2, 0.25) is 5.89 Å². The Hall–Kier alpha value is -1.78. The van der Waals surface area contributed by atoms with Gasteiger partial charge in [0.1, 0.15) is 11.6 Å². The van der Waals surface area contributed by atoms with Crippen molar-refractivity contribution >= 4 is 0 Å². The van der Waals surface area contributed by atoms with Gasteiger partial charge in [-0.2, -0.15) is 4.98 Å². The van der Waals surface area contributed by atoms with Crippen molar-refractivity contribution in [2.24, 2.45) is 0 Å². The van der Waals surface area contributed by atoms with Crippen LogP contribution in [0.5, 0.6) is 0 Å². The summed E-state index contributed by atoms with van der Waals surface area (Å²) in [6.45, 7) is 1.67. The standard InChI is InChI=1S/C10H8F2N2O/c1-6-13-10(15-14-6)4-7-2-3-8(11)5-9(7)12/h2-3,5H,4H2,1H3. The van der Waals surface area contributed by atoms with E-state index in [2.05, 4.69) is 10.1 Å². The highest BCUT2D eigenvalue weighted by atomic mass is 19.1. The lowest BCUT2D eigenvalue weighted by atomic mass is 10.1. The second kappa shape index (κ2) is 3.76. The molecule has 2 aromatic rings. The van der Waals surface area contributed by atoms with Gasteiger partial charge in [-0.3, -0.25) is 0 Å². The average molecular weight is 210 g/mol. The Kier molecular flexibility index (Phi) is 2.45. The van der Waals surface area contributed by atoms with Crippen LogP contribution < -0.4 is 0 Å². The van der Waals surface area contributed by atoms with Gasteiger partial charge in [0, 0.05) is 6.07 Å². The van der Waals surface area contributed by atoms with Crippen molar-refractivity contribution < 1.29 is 13.3 Å². The van der Waals surface area contributed by atoms with Crippen LogP contribution in [0.1, 0.15) is 17.3 Å². The number of rotatable bonds is 2. The smallest absolute Gasteiger partial charge is 0.231 e. The second-order valence-electron chi connectivity index (χ2n) is 3.15. The Morgan fingerprint density at radius 3 is 2.73 bits per heavy atom. The topological polar surface area (TPSA) is 38.9 Å². The Morgan fingerprint density at radius 2 is 2.13 bits per heavy atom. The van der Waals surface area contributed by atoms with E-state index in [0.29, 0.717) is 17.3 Å². The Balaban J connectivity index is 2.24. The lowest BCUT2D eigenvalue weighted by Crippen LogP contribution is -1.93. The number of halogens is 2. The van der Waals surface area contributed by atoms with Crippen molar-refractivity contribution in [2.45, 2.75) is 13.3 Å². The van der Waals surface area contributed by atoms with Gasteiger partial charge in [-0.05, 0) is 18.6 Å². The van der Waals surface area contributed by atoms with E-state index in [1.165, 1.54) is 12.1 Å². The van der Waals surface area contributed by atoms with Crippen molar-refractivity contribution in [3.05, 3.63) is 47.1 Å². The van der Waals surface area contributed by atoms with Gasteiger partial charge in [-0.25, -0.2) is 8.78 Å². The third kappa shape index (κ3) is 2.18. The predicted molar refractivity (Wildman–Crippen MR) is 48.2 cm³/mol. The summed E-state index contributed by atoms with van der Waals surface area (Å²) in [5.74, 6) is -0.394. The molecule has 0 bridgehead atoms. The molecule has 1 aromatic heterocycles. The molecule has 0 atom stereocenters. The van der Waals surface area contributed by atoms with E-state index < -0.39 is 11.6 Å². The highest BCUT2D eigenvalue weighted by Gasteiger charge is 2.09. The van der Waals surface area contributed by atoms with E-state index in [1.54, 1.807) is 6.92 Å². The van der Waals surface area contributed by atoms with E-state index in [4.69, 9.17) is 4.52 Å². The summed E-state index contributed by atoms with van der Waals surface area (Å²) in [4.78, 5) is 3.93. The highest BCUT2D eigenvalue weighted by Crippen LogP contribution is 2.13. The number of nitrogens with zero attached hydrogens (tertiary/aromatic N) is 2. The molecular formula is C10H8F2N2O. The van der Waals surface area contributed by atoms with Gasteiger partial charge in [-0.1, -0.05) is 11.2 Å². The van der Waals surface area contributed by atoms with Gasteiger partial charge in [0.05, 0.1) is 6.42 Å². The fourth-order valence-corrected chi connectivity index (χ4v) is 1.24. The molecule has 0 spiro atoms. The third-order valence-electron chi connectivity index (χ3n) is 1.93. The molecule has 0 aliphatic carbocycles. The van der Waals surface area contributed by atoms with Crippen LogP contribution in [-0.4, -0.2) is 10.1 Å². The molecular weight excluding hydrogens is 202 g/mol. The summed E-state index contributed by atoms with van der Waals surface area (Å²) in [6.07, 6.45) is 0.174. The zero-order valence-electron chi connectivity index (χ0n) is 8.00. The normalized spacial score (nSPS) is 10.6. The Morgan fingerprint density at radius 1 is 1.33 bits per heavy atom. The zero-order chi connectivity index (χ0) is 10.8. The number of aryl methyl sites for hydroxylation is 1. The molecule has 3 nitrogen and oxygen atoms in total. The summed E-state index contributed by atoms with van der Waals surface area (Å²) >= 11 is 0. The molecule has 5 heteroatoms. The molecule has 2 rings (SSSR count). The van der Waals surface area contributed by atoms with Crippen LogP contribution in [0, 0.1) is 18.6 Å². The maximum absolute atomic E-state index is 13.2. The summed E-state index contributed by atoms with van der Waals surface area (Å²) < 4.78 is 30.6. The van der Waals surface area contributed by atoms with Gasteiger partial charge in [0.25, 0.3) is 0 Å². The highest BCUT2D eigenvalue weighted by molar-refractivity contribution is 5.21. The average Bonchev–Trinajstić information content (AvgIpc) is 2.56. The molecule has 0 saturated heterocycles. The lowest BCUT2D eigenvalue weighted by molar-refractivity contribution is 0.379. The van der Waals surface area contributed by atoms with Crippen molar-refractivity contribution in [3.63, 3.8) is 0 Å². The summed E-state index contributed by atoms with van der Waals surface area (Å²) in [6, 6.07) is 3.39. The first-order chi connectivity index (χ1) is 7.15. The van der Waals surface area contributed by atoms with Crippen LogP contribution in [0.25, 0.3) is 0 Å². The number of benzene rings is 1. The molecule has 0 aliphatic heterocycles. The van der Waals surface area contributed by atoms with E-state index in [1.807, 2.05) is 0 Å². The summed E-state index contributed by atoms with van der Waals surface area (Å²) in [5.41, 5.74) is 0.333. The molecule has 1 aromatic carbocycles. The third-order valence-corrected chi connectivity index (χ3v) is 1.93. The van der Waals surface area contributed by atoms with Crippen molar-refractivity contribution in [1.82, 2.24) is 10.1 Å². The van der Waals surface area contributed by atoms with Gasteiger partial charge < -0.3 is 4.52 Å². The van der Waals surface area contributed by atoms with Crippen LogP contribution >= 0.6 is 0 Å². The predicted octanol–water partition coefficient (Wildman–Crippen LogP) is 2.25. The first-order valence-electron chi connectivity index (χ1n) is 4.38. The molecule has 0 fully saturated rings. The fourth-order valence-electron chi connectivity index (χ4n) is 1.24. The van der Waals surface area contributed by atoms with Crippen LogP contribution in [0.3, 0.4) is 0 Å². The fraction of sp³-hybridized carbons (Fsp3) is 0.200. The summed E-state index contributed by atoms with van der Waals surface area (Å²) in [7, 11) is 0. The molecule has 0 amide bonds. The molecule has 0 N–H and O–H groups in total. The second-order valence-corrected chi connectivity index (χ2v) is 3.15. The monoisotopic (exact) mass is 210 g/mol. The number of hydrogen-bond acceptors (Lipinski definition) is 3. The SMILES string of the molecule is Cc1noc(Cc2ccc(F)cc2F)n1. The van der Waals surface area contributed by atoms with Crippen LogP contribution in [0.2, 0.25) is 0 Å². The first kappa shape index (κ1) is 9.76. The number of hydrogen-bond donors (Lipinski definition) is 0. The van der Waals surface area contributed by atoms with Gasteiger partial charge >= 0.3 is 0 Å². The van der Waals surface area contributed by atoms with E-state index in [9.17, 15) is 8.78 Å². The Labute approximate surface area is 84.7 Å². The van der Waals surface area contributed by atoms with Crippen LogP contribution in [-0.2, 0) is 6.42 Å². The zero-order valence-corrected chi connectivity index (χ0v) is 8.00.